The van der Waals surface area contributed by atoms with E-state index in [4.69, 9.17) is 16.2 Å². The minimum Gasteiger partial charge on any atom is -0.482 e. The third-order valence-corrected chi connectivity index (χ3v) is 25.1. The maximum Gasteiger partial charge on any atom is 0.341 e. The summed E-state index contributed by atoms with van der Waals surface area (Å²) in [7, 11) is 1.26. The molecule has 23 N–H and O–H groups in total. The number of nitrogens with zero attached hydrogens (tertiary/aromatic N) is 1. The van der Waals surface area contributed by atoms with E-state index in [0.29, 0.717) is 28.5 Å². The lowest BCUT2D eigenvalue weighted by Gasteiger charge is -2.33. The highest BCUT2D eigenvalue weighted by Crippen LogP contribution is 2.24. The fourth-order valence-corrected chi connectivity index (χ4v) is 17.1. The first-order valence-corrected chi connectivity index (χ1v) is 50.1. The number of carbonyl (C=O) groups excluding carboxylic acids is 19. The van der Waals surface area contributed by atoms with Crippen LogP contribution in [0.5, 0.6) is 5.75 Å². The van der Waals surface area contributed by atoms with Crippen molar-refractivity contribution >= 4 is 159 Å². The lowest BCUT2D eigenvalue weighted by Crippen LogP contribution is -2.62. The zero-order chi connectivity index (χ0) is 107. The fourth-order valence-electron chi connectivity index (χ4n) is 14.5. The molecule has 0 radical (unpaired) electrons. The fraction of sp³-hybridized carbons (Fsp3) is 0.531. The molecule has 1 saturated heterocycles. The summed E-state index contributed by atoms with van der Waals surface area (Å²) >= 11 is 2.41. The first-order valence-electron chi connectivity index (χ1n) is 46.6. The largest absolute Gasteiger partial charge is 0.482 e. The van der Waals surface area contributed by atoms with Crippen molar-refractivity contribution < 1.29 is 121 Å². The number of aliphatic hydroxyl groups is 1. The number of carboxylic acids is 2. The molecule has 0 aromatic heterocycles. The summed E-state index contributed by atoms with van der Waals surface area (Å²) in [5.41, 5.74) is 14.9. The zero-order valence-electron chi connectivity index (χ0n) is 82.8. The number of carboxylic acid groups (broad SMARTS) is 2. The van der Waals surface area contributed by atoms with Crippen LogP contribution < -0.4 is 101 Å². The smallest absolute Gasteiger partial charge is 0.341 e. The van der Waals surface area contributed by atoms with Crippen LogP contribution in [0.3, 0.4) is 0 Å². The van der Waals surface area contributed by atoms with E-state index in [-0.39, 0.29) is 66.8 Å². The Morgan fingerprint density at radius 1 is 0.462 bits per heavy atom. The summed E-state index contributed by atoms with van der Waals surface area (Å²) in [6.07, 6.45) is -3.59. The summed E-state index contributed by atoms with van der Waals surface area (Å²) in [5.74, 6) is -27.5. The van der Waals surface area contributed by atoms with Crippen molar-refractivity contribution in [1.29, 1.82) is 0 Å². The summed E-state index contributed by atoms with van der Waals surface area (Å²) in [5, 5.41) is 71.4. The van der Waals surface area contributed by atoms with Crippen LogP contribution in [0.4, 0.5) is 0 Å². The number of aliphatic carboxylic acids is 2. The van der Waals surface area contributed by atoms with Gasteiger partial charge in [-0.2, -0.15) is 0 Å². The van der Waals surface area contributed by atoms with Crippen molar-refractivity contribution in [2.24, 2.45) is 41.1 Å². The van der Waals surface area contributed by atoms with Crippen LogP contribution in [0, 0.1) is 36.5 Å². The van der Waals surface area contributed by atoms with Crippen LogP contribution >= 0.6 is 35.3 Å². The number of carbonyl (C=O) groups is 21. The highest BCUT2D eigenvalue weighted by atomic mass is 32.2. The number of rotatable bonds is 34. The van der Waals surface area contributed by atoms with Crippen LogP contribution in [0.2, 0.25) is 0 Å². The van der Waals surface area contributed by atoms with Gasteiger partial charge in [-0.1, -0.05) is 166 Å². The summed E-state index contributed by atoms with van der Waals surface area (Å²) < 4.78 is 5.30. The van der Waals surface area contributed by atoms with E-state index in [1.54, 1.807) is 111 Å². The van der Waals surface area contributed by atoms with E-state index in [9.17, 15) is 82.4 Å². The van der Waals surface area contributed by atoms with Crippen LogP contribution in [-0.4, -0.2) is 290 Å². The predicted octanol–water partition coefficient (Wildman–Crippen LogP) is -1.53. The Morgan fingerprint density at radius 3 is 1.36 bits per heavy atom. The topological polar surface area (TPSA) is 676 Å². The van der Waals surface area contributed by atoms with Crippen LogP contribution in [-0.2, 0) is 120 Å². The third-order valence-electron chi connectivity index (χ3n) is 22.2. The minimum atomic E-state index is -2.11. The quantitative estimate of drug-likeness (QED) is 0.0186. The predicted molar refractivity (Wildman–Crippen MR) is 533 cm³/mol. The van der Waals surface area contributed by atoms with E-state index in [1.165, 1.54) is 65.9 Å². The van der Waals surface area contributed by atoms with E-state index >= 15 is 33.6 Å². The Labute approximate surface area is 842 Å². The van der Waals surface area contributed by atoms with Crippen molar-refractivity contribution in [1.82, 2.24) is 90.0 Å². The molecule has 1 fully saturated rings. The number of hydrogen-bond donors (Lipinski definition) is 21. The second-order valence-electron chi connectivity index (χ2n) is 36.6. The molecule has 1 aliphatic rings. The van der Waals surface area contributed by atoms with Crippen LogP contribution in [0.25, 0.3) is 11.1 Å². The third kappa shape index (κ3) is 42.7. The first kappa shape index (κ1) is 120. The number of aliphatic hydroxyl groups excluding tert-OH is 1. The second-order valence-corrected chi connectivity index (χ2v) is 39.7. The molecule has 19 amide bonds. The Bertz CT molecular complexity index is 5100. The van der Waals surface area contributed by atoms with Gasteiger partial charge in [-0.15, -0.1) is 35.3 Å². The lowest BCUT2D eigenvalue weighted by molar-refractivity contribution is -0.143. The SMILES string of the molecule is CC(=O)NCSC[C@H](NC(=O)C1CSCC(=O)N[C@@H](Cc2ccc(OCC(=O)O)cc2)C(=O)N[C@@H](CSCNC(C)=O)C(=O)N[C@@H](CC(=O)O)C(=O)N[C@@H](Cc2cccc(C)c2)C(=O)N[C@@H](CC(C)C)C(=O)N[C@@H](Cc2ccc(-c3ccccc3)cc2)C(=O)N[C@@H](C(C)C)C(=O)N(C)[C@@H](C)C(=O)N[C@H](CC(C)C)C(=O)N[C@@H](CC(N)=O)C(=O)N[C@@H](CC(C)C)C(=O)N[C@@H](C(C)C)C(=O)N[C@@H](CO)C(=O)N1)C(N)=O. The molecular formula is C96H137N19O25S3. The molecule has 143 heavy (non-hydrogen) atoms. The highest BCUT2D eigenvalue weighted by Gasteiger charge is 2.42. The van der Waals surface area contributed by atoms with Gasteiger partial charge in [0.25, 0.3) is 0 Å². The van der Waals surface area contributed by atoms with Crippen molar-refractivity contribution in [3.05, 3.63) is 125 Å². The number of thioether (sulfide) groups is 3. The number of primary amides is 2. The van der Waals surface area contributed by atoms with Crippen molar-refractivity contribution in [2.75, 3.05) is 55.0 Å². The molecule has 44 nitrogen and oxygen atoms in total. The molecule has 784 valence electrons. The Kier molecular flexibility index (Phi) is 50.5. The number of aryl methyl sites for hydroxylation is 1. The van der Waals surface area contributed by atoms with Gasteiger partial charge >= 0.3 is 11.9 Å². The number of likely N-dealkylation sites (N-methyl/N-ethyl adjacent to an activating group) is 1. The molecule has 4 aromatic rings. The van der Waals surface area contributed by atoms with Crippen molar-refractivity contribution in [3.8, 4) is 16.9 Å². The number of nitrogens with one attached hydrogen (secondary N) is 16. The van der Waals surface area contributed by atoms with Gasteiger partial charge in [0, 0.05) is 57.4 Å². The van der Waals surface area contributed by atoms with Crippen LogP contribution in [0.1, 0.15) is 144 Å². The average Bonchev–Trinajstić information content (AvgIpc) is 0.813. The molecule has 4 aromatic carbocycles. The van der Waals surface area contributed by atoms with Gasteiger partial charge in [0.2, 0.25) is 112 Å². The summed E-state index contributed by atoms with van der Waals surface area (Å²) in [6.45, 7) is 19.8. The van der Waals surface area contributed by atoms with Gasteiger partial charge in [-0.3, -0.25) is 95.9 Å². The van der Waals surface area contributed by atoms with Gasteiger partial charge in [0.15, 0.2) is 6.61 Å². The Morgan fingerprint density at radius 2 is 0.881 bits per heavy atom. The van der Waals surface area contributed by atoms with Gasteiger partial charge in [-0.05, 0) is 103 Å². The molecule has 1 aliphatic heterocycles. The molecule has 1 heterocycles. The maximum absolute atomic E-state index is 15.4. The number of ether oxygens (including phenoxy) is 1. The molecule has 0 bridgehead atoms. The molecule has 0 aliphatic carbocycles. The van der Waals surface area contributed by atoms with E-state index < -0.39 is 288 Å². The molecule has 47 heteroatoms. The first-order chi connectivity index (χ1) is 67.3. The molecule has 0 spiro atoms. The zero-order valence-corrected chi connectivity index (χ0v) is 85.3. The average molecular weight is 2050 g/mol. The van der Waals surface area contributed by atoms with E-state index in [2.05, 4.69) is 85.1 Å². The monoisotopic (exact) mass is 2050 g/mol. The van der Waals surface area contributed by atoms with Gasteiger partial charge in [-0.25, -0.2) is 4.79 Å². The molecular weight excluding hydrogens is 1920 g/mol. The van der Waals surface area contributed by atoms with Crippen molar-refractivity contribution in [3.63, 3.8) is 0 Å². The van der Waals surface area contributed by atoms with Gasteiger partial charge in [0.05, 0.1) is 37.0 Å². The lowest BCUT2D eigenvalue weighted by atomic mass is 9.97. The summed E-state index contributed by atoms with van der Waals surface area (Å²) in [6, 6.07) is 3.04. The maximum atomic E-state index is 15.4. The standard InChI is InChI=1S/C96H137N19O25S3/c1-49(2)32-64-84(127)107-70(39-76(97)119)88(131)104-66(34-51(5)6)90(133)113-80(52(7)8)95(138)109-72(41-116)92(135)112-74(94(137)110-73(82(98)125)43-142-47-99-56(13)117)44-141-46-77(120)101-67(36-59-26-30-63(31-27-59)140-42-79(123)124)86(129)111-75(45-143-48-100-57(14)118)93(136)108-71(40-78(121)122)89(132)106-69(38-60-21-19-20-54(11)35-60)87(130)103-65(33-50(3)4)85(128)105-68(37-58-24-28-62(29-25-58)61-22-17-16-18-23-61)91(134)114-81(53(9)10)96(139)115(15)55(12)83(126)102-64/h16-31,35,49-53,55,64-75,80-81,116H,32-34,36-48H2,1-15H3,(H2,97,119)(H2,98,125)(H,99,117)(H,100,118)(H,101,120)(H,102,126)(H,103,130)(H,104,131)(H,105,128)(H,106,132)(H,107,127)(H,108,136)(H,109,138)(H,110,137)(H,111,129)(H,112,135)(H,113,133)(H,114,134)(H,121,122)(H,123,124)/t55-,64+,65-,66-,67-,68-,69-,70-,71-,72-,73-,74?,75-,80-,81-/m0/s1. The Balaban J connectivity index is 1.73. The van der Waals surface area contributed by atoms with Crippen LogP contribution in [0.15, 0.2) is 103 Å². The Hall–Kier alpha value is -13.4. The molecule has 5 rings (SSSR count). The van der Waals surface area contributed by atoms with Gasteiger partial charge in [0.1, 0.15) is 96.4 Å². The second kappa shape index (κ2) is 60.1. The van der Waals surface area contributed by atoms with Crippen molar-refractivity contribution in [2.45, 2.75) is 239 Å². The van der Waals surface area contributed by atoms with Gasteiger partial charge < -0.3 is 121 Å². The number of nitrogens with two attached hydrogens (primary N) is 2. The van der Waals surface area contributed by atoms with E-state index in [1.807, 2.05) is 30.3 Å². The molecule has 15 atom stereocenters. The normalized spacial score (nSPS) is 22.6. The summed E-state index contributed by atoms with van der Waals surface area (Å²) in [4.78, 5) is 298. The number of amides is 19. The molecule has 1 unspecified atom stereocenters. The van der Waals surface area contributed by atoms with E-state index in [0.717, 1.165) is 39.6 Å². The number of hydrogen-bond acceptors (Lipinski definition) is 26. The molecule has 0 saturated carbocycles. The number of benzene rings is 4. The minimum absolute atomic E-state index is 0.0495. The highest BCUT2D eigenvalue weighted by molar-refractivity contribution is 8.00.